The summed E-state index contributed by atoms with van der Waals surface area (Å²) in [5, 5.41) is 10.0. The van der Waals surface area contributed by atoms with E-state index in [0.29, 0.717) is 6.04 Å². The predicted molar refractivity (Wildman–Crippen MR) is 225 cm³/mol. The zero-order chi connectivity index (χ0) is 35.0. The second-order valence-electron chi connectivity index (χ2n) is 14.6. The van der Waals surface area contributed by atoms with Gasteiger partial charge in [-0.05, 0) is 130 Å². The fourth-order valence-electron chi connectivity index (χ4n) is 8.89. The molecule has 0 radical (unpaired) electrons. The third-order valence-corrected chi connectivity index (χ3v) is 11.5. The molecule has 3 heterocycles. The maximum Gasteiger partial charge on any atom is 0.0640 e. The molecule has 0 aliphatic carbocycles. The molecule has 53 heavy (non-hydrogen) atoms. The molecule has 8 aromatic carbocycles. The molecule has 1 fully saturated rings. The Morgan fingerprint density at radius 2 is 1.08 bits per heavy atom. The van der Waals surface area contributed by atoms with E-state index in [1.807, 2.05) is 0 Å². The standard InChI is InChI=1S/C51H36N2/c1-33-27-39(25-26-53(42-15-3-2-4-16-42)51-47(33)31-52-32-48(51)52)38-23-24-45-46(30-38)50(41-22-20-35-12-6-8-14-37(35)29-41)44-18-10-9-17-43(44)49(45)40-21-19-34-11-5-7-13-36(34)28-40/h2-30,48H,1,31-32H2/b26-25-,39-27+. The van der Waals surface area contributed by atoms with Gasteiger partial charge in [0.1, 0.15) is 0 Å². The SMILES string of the molecule is C=C1/C=C(c2ccc3c(-c4ccc5ccccc5c4)c4ccccc4c(-c4ccc5ccccc5c4)c3c2)\C=C/N(c2ccccc2)C2=C1CN1CC21. The third kappa shape index (κ3) is 4.91. The Balaban J connectivity index is 1.17. The van der Waals surface area contributed by atoms with E-state index in [9.17, 15) is 0 Å². The van der Waals surface area contributed by atoms with Gasteiger partial charge in [-0.25, -0.2) is 0 Å². The predicted octanol–water partition coefficient (Wildman–Crippen LogP) is 12.6. The molecular weight excluding hydrogens is 641 g/mol. The van der Waals surface area contributed by atoms with Crippen LogP contribution in [0.4, 0.5) is 5.69 Å². The van der Waals surface area contributed by atoms with Crippen molar-refractivity contribution in [3.05, 3.63) is 205 Å². The number of benzene rings is 8. The smallest absolute Gasteiger partial charge is 0.0640 e. The third-order valence-electron chi connectivity index (χ3n) is 11.5. The van der Waals surface area contributed by atoms with Gasteiger partial charge in [-0.15, -0.1) is 0 Å². The molecule has 11 rings (SSSR count). The summed E-state index contributed by atoms with van der Waals surface area (Å²) in [5.41, 5.74) is 12.3. The van der Waals surface area contributed by atoms with E-state index in [0.717, 1.165) is 24.2 Å². The number of hydrogen-bond donors (Lipinski definition) is 0. The highest BCUT2D eigenvalue weighted by molar-refractivity contribution is 6.22. The summed E-state index contributed by atoms with van der Waals surface area (Å²) in [4.78, 5) is 4.93. The molecule has 0 saturated carbocycles. The van der Waals surface area contributed by atoms with Crippen LogP contribution in [0.2, 0.25) is 0 Å². The highest BCUT2D eigenvalue weighted by Gasteiger charge is 2.47. The van der Waals surface area contributed by atoms with Crippen LogP contribution < -0.4 is 4.90 Å². The van der Waals surface area contributed by atoms with Crippen molar-refractivity contribution >= 4 is 54.4 Å². The Morgan fingerprint density at radius 3 is 1.75 bits per heavy atom. The topological polar surface area (TPSA) is 6.25 Å². The van der Waals surface area contributed by atoms with Gasteiger partial charge in [-0.1, -0.05) is 134 Å². The lowest BCUT2D eigenvalue weighted by molar-refractivity contribution is 0.609. The number of fused-ring (bicyclic) bond motifs is 6. The Kier molecular flexibility index (Phi) is 6.71. The van der Waals surface area contributed by atoms with Crippen molar-refractivity contribution in [1.29, 1.82) is 0 Å². The molecule has 2 heteroatoms. The lowest BCUT2D eigenvalue weighted by Gasteiger charge is -2.26. The second kappa shape index (κ2) is 11.8. The number of anilines is 1. The molecule has 2 atom stereocenters. The molecule has 8 aromatic rings. The molecule has 0 aromatic heterocycles. The first-order chi connectivity index (χ1) is 26.2. The quantitative estimate of drug-likeness (QED) is 0.135. The van der Waals surface area contributed by atoms with Gasteiger partial charge >= 0.3 is 0 Å². The molecule has 1 saturated heterocycles. The summed E-state index contributed by atoms with van der Waals surface area (Å²) in [6.07, 6.45) is 6.87. The molecule has 0 amide bonds. The van der Waals surface area contributed by atoms with Crippen LogP contribution in [0.5, 0.6) is 0 Å². The molecule has 2 unspecified atom stereocenters. The Labute approximate surface area is 309 Å². The second-order valence-corrected chi connectivity index (χ2v) is 14.6. The first-order valence-electron chi connectivity index (χ1n) is 18.6. The number of hydrogen-bond acceptors (Lipinski definition) is 2. The van der Waals surface area contributed by atoms with Crippen LogP contribution in [0.3, 0.4) is 0 Å². The number of para-hydroxylation sites is 1. The Morgan fingerprint density at radius 1 is 0.509 bits per heavy atom. The number of allylic oxidation sites excluding steroid dienone is 3. The monoisotopic (exact) mass is 676 g/mol. The summed E-state index contributed by atoms with van der Waals surface area (Å²) in [6.45, 7) is 6.74. The van der Waals surface area contributed by atoms with Crippen LogP contribution in [0.15, 0.2) is 199 Å². The molecule has 0 spiro atoms. The van der Waals surface area contributed by atoms with Gasteiger partial charge in [-0.3, -0.25) is 4.90 Å². The maximum absolute atomic E-state index is 4.67. The summed E-state index contributed by atoms with van der Waals surface area (Å²) < 4.78 is 0. The van der Waals surface area contributed by atoms with E-state index in [2.05, 4.69) is 192 Å². The molecular formula is C51H36N2. The van der Waals surface area contributed by atoms with Crippen molar-refractivity contribution in [3.8, 4) is 22.3 Å². The van der Waals surface area contributed by atoms with Gasteiger partial charge in [0, 0.05) is 30.7 Å². The van der Waals surface area contributed by atoms with Gasteiger partial charge in [0.2, 0.25) is 0 Å². The number of rotatable bonds is 4. The highest BCUT2D eigenvalue weighted by atomic mass is 15.4. The van der Waals surface area contributed by atoms with Crippen LogP contribution in [0, 0.1) is 0 Å². The number of nitrogens with zero attached hydrogens (tertiary/aromatic N) is 2. The highest BCUT2D eigenvalue weighted by Crippen LogP contribution is 2.47. The van der Waals surface area contributed by atoms with Crippen molar-refractivity contribution < 1.29 is 0 Å². The molecule has 3 aliphatic heterocycles. The average Bonchev–Trinajstić information content (AvgIpc) is 3.88. The lowest BCUT2D eigenvalue weighted by atomic mass is 9.84. The molecule has 0 N–H and O–H groups in total. The summed E-state index contributed by atoms with van der Waals surface area (Å²) in [5.74, 6) is 0. The molecule has 3 aliphatic rings. The van der Waals surface area contributed by atoms with E-state index >= 15 is 0 Å². The van der Waals surface area contributed by atoms with Crippen LogP contribution in [-0.4, -0.2) is 24.0 Å². The first-order valence-corrected chi connectivity index (χ1v) is 18.6. The largest absolute Gasteiger partial charge is 0.319 e. The zero-order valence-electron chi connectivity index (χ0n) is 29.3. The summed E-state index contributed by atoms with van der Waals surface area (Å²) in [6, 6.07) is 58.5. The van der Waals surface area contributed by atoms with Crippen LogP contribution in [0.1, 0.15) is 5.56 Å². The Bertz CT molecular complexity index is 2930. The van der Waals surface area contributed by atoms with Crippen molar-refractivity contribution in [2.24, 2.45) is 0 Å². The zero-order valence-corrected chi connectivity index (χ0v) is 29.3. The summed E-state index contributed by atoms with van der Waals surface area (Å²) in [7, 11) is 0. The van der Waals surface area contributed by atoms with Crippen LogP contribution in [0.25, 0.3) is 70.9 Å². The summed E-state index contributed by atoms with van der Waals surface area (Å²) >= 11 is 0. The average molecular weight is 677 g/mol. The van der Waals surface area contributed by atoms with E-state index in [4.69, 9.17) is 0 Å². The van der Waals surface area contributed by atoms with Crippen molar-refractivity contribution in [2.75, 3.05) is 18.0 Å². The lowest BCUT2D eigenvalue weighted by Crippen LogP contribution is -2.21. The minimum Gasteiger partial charge on any atom is -0.319 e. The minimum absolute atomic E-state index is 0.466. The normalized spacial score (nSPS) is 19.6. The van der Waals surface area contributed by atoms with E-state index in [-0.39, 0.29) is 0 Å². The van der Waals surface area contributed by atoms with E-state index in [1.165, 1.54) is 87.9 Å². The van der Waals surface area contributed by atoms with Gasteiger partial charge in [0.25, 0.3) is 0 Å². The maximum atomic E-state index is 4.67. The van der Waals surface area contributed by atoms with Crippen molar-refractivity contribution in [2.45, 2.75) is 6.04 Å². The minimum atomic E-state index is 0.466. The van der Waals surface area contributed by atoms with Gasteiger partial charge < -0.3 is 4.90 Å². The fourth-order valence-corrected chi connectivity index (χ4v) is 8.89. The van der Waals surface area contributed by atoms with Gasteiger partial charge in [-0.2, -0.15) is 0 Å². The van der Waals surface area contributed by atoms with Gasteiger partial charge in [0.05, 0.1) is 6.04 Å². The Hall–Kier alpha value is -6.48. The van der Waals surface area contributed by atoms with Crippen LogP contribution >= 0.6 is 0 Å². The van der Waals surface area contributed by atoms with E-state index < -0.39 is 0 Å². The fraction of sp³-hybridized carbons (Fsp3) is 0.0588. The van der Waals surface area contributed by atoms with E-state index in [1.54, 1.807) is 0 Å². The van der Waals surface area contributed by atoms with Crippen LogP contribution in [-0.2, 0) is 0 Å². The molecule has 250 valence electrons. The van der Waals surface area contributed by atoms with Gasteiger partial charge in [0.15, 0.2) is 0 Å². The molecule has 2 nitrogen and oxygen atoms in total. The van der Waals surface area contributed by atoms with Crippen molar-refractivity contribution in [3.63, 3.8) is 0 Å². The first kappa shape index (κ1) is 30.2. The molecule has 0 bridgehead atoms. The van der Waals surface area contributed by atoms with Crippen molar-refractivity contribution in [1.82, 2.24) is 4.90 Å².